The molecule has 2 aromatic carbocycles. The summed E-state index contributed by atoms with van der Waals surface area (Å²) < 4.78 is 5.30. The molecule has 3 nitrogen and oxygen atoms in total. The molecule has 3 heteroatoms. The van der Waals surface area contributed by atoms with Crippen LogP contribution < -0.4 is 10.1 Å². The maximum atomic E-state index is 12.1. The topological polar surface area (TPSA) is 38.3 Å². The average Bonchev–Trinajstić information content (AvgIpc) is 2.49. The van der Waals surface area contributed by atoms with Gasteiger partial charge in [-0.05, 0) is 56.2 Å². The van der Waals surface area contributed by atoms with E-state index >= 15 is 0 Å². The molecule has 0 bridgehead atoms. The molecule has 0 atom stereocenters. The first kappa shape index (κ1) is 15.8. The van der Waals surface area contributed by atoms with Crippen LogP contribution in [0.25, 0.3) is 6.08 Å². The molecule has 114 valence electrons. The number of carbonyl (C=O) groups excluding carboxylic acids is 1. The predicted molar refractivity (Wildman–Crippen MR) is 91.3 cm³/mol. The Morgan fingerprint density at radius 2 is 1.73 bits per heavy atom. The lowest BCUT2D eigenvalue weighted by atomic mass is 10.1. The zero-order chi connectivity index (χ0) is 16.1. The maximum absolute atomic E-state index is 12.1. The Bertz CT molecular complexity index is 717. The van der Waals surface area contributed by atoms with Gasteiger partial charge in [0.2, 0.25) is 5.91 Å². The summed E-state index contributed by atoms with van der Waals surface area (Å²) in [6.45, 7) is 5.98. The van der Waals surface area contributed by atoms with Crippen molar-refractivity contribution in [3.8, 4) is 5.75 Å². The van der Waals surface area contributed by atoms with Crippen LogP contribution >= 0.6 is 0 Å². The number of carbonyl (C=O) groups is 1. The smallest absolute Gasteiger partial charge is 0.248 e. The molecule has 0 spiro atoms. The summed E-state index contributed by atoms with van der Waals surface area (Å²) >= 11 is 0. The van der Waals surface area contributed by atoms with Crippen LogP contribution in [-0.4, -0.2) is 13.0 Å². The summed E-state index contributed by atoms with van der Waals surface area (Å²) in [5.41, 5.74) is 5.01. The fourth-order valence-electron chi connectivity index (χ4n) is 2.19. The Balaban J connectivity index is 2.15. The minimum absolute atomic E-state index is 0.155. The third-order valence-electron chi connectivity index (χ3n) is 3.45. The Morgan fingerprint density at radius 1 is 1.05 bits per heavy atom. The van der Waals surface area contributed by atoms with Gasteiger partial charge in [-0.25, -0.2) is 0 Å². The van der Waals surface area contributed by atoms with Crippen LogP contribution in [0, 0.1) is 20.8 Å². The first-order valence-corrected chi connectivity index (χ1v) is 7.20. The van der Waals surface area contributed by atoms with Gasteiger partial charge in [0.05, 0.1) is 7.11 Å². The molecule has 1 N–H and O–H groups in total. The fraction of sp³-hybridized carbons (Fsp3) is 0.211. The highest BCUT2D eigenvalue weighted by molar-refractivity contribution is 6.02. The van der Waals surface area contributed by atoms with E-state index < -0.39 is 0 Å². The van der Waals surface area contributed by atoms with E-state index in [1.165, 1.54) is 6.08 Å². The van der Waals surface area contributed by atoms with E-state index in [4.69, 9.17) is 4.74 Å². The lowest BCUT2D eigenvalue weighted by Gasteiger charge is -2.08. The van der Waals surface area contributed by atoms with Crippen LogP contribution in [0.2, 0.25) is 0 Å². The number of rotatable bonds is 4. The van der Waals surface area contributed by atoms with Crippen LogP contribution in [0.1, 0.15) is 22.3 Å². The van der Waals surface area contributed by atoms with E-state index in [-0.39, 0.29) is 5.91 Å². The molecule has 1 amide bonds. The number of aryl methyl sites for hydroxylation is 3. The second-order valence-corrected chi connectivity index (χ2v) is 5.39. The number of ether oxygens (including phenoxy) is 1. The first-order valence-electron chi connectivity index (χ1n) is 7.20. The summed E-state index contributed by atoms with van der Waals surface area (Å²) in [6, 6.07) is 11.9. The molecule has 0 saturated carbocycles. The highest BCUT2D eigenvalue weighted by Gasteiger charge is 2.04. The molecule has 0 aliphatic heterocycles. The van der Waals surface area contributed by atoms with E-state index in [0.29, 0.717) is 0 Å². The summed E-state index contributed by atoms with van der Waals surface area (Å²) in [5.74, 6) is 0.596. The second-order valence-electron chi connectivity index (χ2n) is 5.39. The summed E-state index contributed by atoms with van der Waals surface area (Å²) in [7, 11) is 1.62. The molecular weight excluding hydrogens is 274 g/mol. The maximum Gasteiger partial charge on any atom is 0.248 e. The van der Waals surface area contributed by atoms with Gasteiger partial charge in [0.15, 0.2) is 0 Å². The molecule has 0 aliphatic rings. The predicted octanol–water partition coefficient (Wildman–Crippen LogP) is 4.27. The minimum Gasteiger partial charge on any atom is -0.496 e. The van der Waals surface area contributed by atoms with E-state index in [9.17, 15) is 4.79 Å². The van der Waals surface area contributed by atoms with Crippen molar-refractivity contribution in [1.29, 1.82) is 0 Å². The number of amides is 1. The van der Waals surface area contributed by atoms with Gasteiger partial charge in [-0.2, -0.15) is 0 Å². The quantitative estimate of drug-likeness (QED) is 0.855. The van der Waals surface area contributed by atoms with Crippen LogP contribution in [0.3, 0.4) is 0 Å². The molecule has 22 heavy (non-hydrogen) atoms. The van der Waals surface area contributed by atoms with Gasteiger partial charge in [0, 0.05) is 17.3 Å². The number of anilines is 1. The first-order chi connectivity index (χ1) is 10.5. The Labute approximate surface area is 131 Å². The van der Waals surface area contributed by atoms with Gasteiger partial charge in [0.25, 0.3) is 0 Å². The Kier molecular flexibility index (Phi) is 4.99. The zero-order valence-corrected chi connectivity index (χ0v) is 13.4. The van der Waals surface area contributed by atoms with Crippen molar-refractivity contribution < 1.29 is 9.53 Å². The van der Waals surface area contributed by atoms with Gasteiger partial charge in [-0.1, -0.05) is 23.8 Å². The van der Waals surface area contributed by atoms with Crippen molar-refractivity contribution in [2.24, 2.45) is 0 Å². The summed E-state index contributed by atoms with van der Waals surface area (Å²) in [4.78, 5) is 12.1. The largest absolute Gasteiger partial charge is 0.496 e. The number of methoxy groups -OCH3 is 1. The highest BCUT2D eigenvalue weighted by atomic mass is 16.5. The zero-order valence-electron chi connectivity index (χ0n) is 13.4. The van der Waals surface area contributed by atoms with Gasteiger partial charge in [-0.3, -0.25) is 4.79 Å². The van der Waals surface area contributed by atoms with Crippen molar-refractivity contribution in [1.82, 2.24) is 0 Å². The van der Waals surface area contributed by atoms with Crippen LogP contribution in [0.5, 0.6) is 5.75 Å². The summed E-state index contributed by atoms with van der Waals surface area (Å²) in [5, 5.41) is 2.91. The van der Waals surface area contributed by atoms with E-state index in [0.717, 1.165) is 33.7 Å². The molecule has 2 rings (SSSR count). The lowest BCUT2D eigenvalue weighted by molar-refractivity contribution is -0.111. The third kappa shape index (κ3) is 3.98. The lowest BCUT2D eigenvalue weighted by Crippen LogP contribution is -2.09. The molecular formula is C19H21NO2. The SMILES string of the molecule is COc1ccc(C)cc1/C=C/C(=O)Nc1cc(C)ccc1C. The molecule has 0 aromatic heterocycles. The number of nitrogens with one attached hydrogen (secondary N) is 1. The summed E-state index contributed by atoms with van der Waals surface area (Å²) in [6.07, 6.45) is 3.30. The van der Waals surface area contributed by atoms with Crippen molar-refractivity contribution >= 4 is 17.7 Å². The molecule has 0 fully saturated rings. The van der Waals surface area contributed by atoms with Crippen LogP contribution in [0.15, 0.2) is 42.5 Å². The van der Waals surface area contributed by atoms with Crippen molar-refractivity contribution in [3.63, 3.8) is 0 Å². The van der Waals surface area contributed by atoms with Gasteiger partial charge < -0.3 is 10.1 Å². The molecule has 0 saturated heterocycles. The number of hydrogen-bond acceptors (Lipinski definition) is 2. The van der Waals surface area contributed by atoms with Crippen molar-refractivity contribution in [3.05, 3.63) is 64.7 Å². The van der Waals surface area contributed by atoms with E-state index in [1.807, 2.05) is 57.2 Å². The molecule has 0 aliphatic carbocycles. The van der Waals surface area contributed by atoms with Crippen LogP contribution in [-0.2, 0) is 4.79 Å². The standard InChI is InChI=1S/C19H21NO2/c1-13-6-9-18(22-4)16(11-13)8-10-19(21)20-17-12-14(2)5-7-15(17)3/h5-12H,1-4H3,(H,20,21)/b10-8+. The van der Waals surface area contributed by atoms with Crippen LogP contribution in [0.4, 0.5) is 5.69 Å². The van der Waals surface area contributed by atoms with Crippen molar-refractivity contribution in [2.75, 3.05) is 12.4 Å². The molecule has 0 heterocycles. The van der Waals surface area contributed by atoms with E-state index in [1.54, 1.807) is 13.2 Å². The monoisotopic (exact) mass is 295 g/mol. The third-order valence-corrected chi connectivity index (χ3v) is 3.45. The van der Waals surface area contributed by atoms with Gasteiger partial charge in [-0.15, -0.1) is 0 Å². The van der Waals surface area contributed by atoms with Gasteiger partial charge in [0.1, 0.15) is 5.75 Å². The van der Waals surface area contributed by atoms with E-state index in [2.05, 4.69) is 5.32 Å². The average molecular weight is 295 g/mol. The number of hydrogen-bond donors (Lipinski definition) is 1. The Morgan fingerprint density at radius 3 is 2.45 bits per heavy atom. The van der Waals surface area contributed by atoms with Crippen molar-refractivity contribution in [2.45, 2.75) is 20.8 Å². The van der Waals surface area contributed by atoms with Gasteiger partial charge >= 0.3 is 0 Å². The highest BCUT2D eigenvalue weighted by Crippen LogP contribution is 2.21. The minimum atomic E-state index is -0.155. The Hall–Kier alpha value is -2.55. The molecule has 0 unspecified atom stereocenters. The fourth-order valence-corrected chi connectivity index (χ4v) is 2.19. The normalized spacial score (nSPS) is 10.7. The molecule has 0 radical (unpaired) electrons. The number of benzene rings is 2. The second kappa shape index (κ2) is 6.94. The molecule has 2 aromatic rings.